The predicted octanol–water partition coefficient (Wildman–Crippen LogP) is 3.60. The molecule has 102 valence electrons. The number of pyridine rings is 1. The highest BCUT2D eigenvalue weighted by molar-refractivity contribution is 5.14. The topological polar surface area (TPSA) is 24.9 Å². The second-order valence-corrected chi connectivity index (χ2v) is 5.22. The first-order chi connectivity index (χ1) is 8.69. The molecule has 1 rings (SSSR count). The van der Waals surface area contributed by atoms with Crippen molar-refractivity contribution in [3.8, 4) is 0 Å². The highest BCUT2D eigenvalue weighted by Crippen LogP contribution is 2.13. The monoisotopic (exact) mass is 248 g/mol. The summed E-state index contributed by atoms with van der Waals surface area (Å²) in [5, 5.41) is 3.58. The molecular formula is C16H28N2. The summed E-state index contributed by atoms with van der Waals surface area (Å²) in [5.41, 5.74) is 2.53. The molecule has 18 heavy (non-hydrogen) atoms. The Bertz CT molecular complexity index is 318. The molecule has 0 bridgehead atoms. The number of nitrogens with one attached hydrogen (secondary N) is 1. The second kappa shape index (κ2) is 8.25. The van der Waals surface area contributed by atoms with Gasteiger partial charge in [-0.1, -0.05) is 40.2 Å². The molecule has 2 atom stereocenters. The van der Waals surface area contributed by atoms with E-state index in [1.165, 1.54) is 24.1 Å². The van der Waals surface area contributed by atoms with Gasteiger partial charge < -0.3 is 5.32 Å². The zero-order chi connectivity index (χ0) is 13.4. The lowest BCUT2D eigenvalue weighted by Gasteiger charge is -2.21. The van der Waals surface area contributed by atoms with Crippen LogP contribution in [0.15, 0.2) is 18.3 Å². The lowest BCUT2D eigenvalue weighted by Crippen LogP contribution is -2.32. The summed E-state index contributed by atoms with van der Waals surface area (Å²) in [7, 11) is 0. The van der Waals surface area contributed by atoms with Gasteiger partial charge in [-0.25, -0.2) is 0 Å². The molecule has 0 radical (unpaired) electrons. The van der Waals surface area contributed by atoms with Crippen LogP contribution in [0.2, 0.25) is 0 Å². The van der Waals surface area contributed by atoms with E-state index in [0.29, 0.717) is 6.04 Å². The minimum Gasteiger partial charge on any atom is -0.314 e. The standard InChI is InChI=1S/C16H28N2/c1-5-13(4)10-16(17-7-3)11-15-9-8-14(6-2)12-18-15/h8-9,12-13,16-17H,5-7,10-11H2,1-4H3. The van der Waals surface area contributed by atoms with E-state index in [4.69, 9.17) is 0 Å². The van der Waals surface area contributed by atoms with E-state index in [-0.39, 0.29) is 0 Å². The van der Waals surface area contributed by atoms with Crippen molar-refractivity contribution < 1.29 is 0 Å². The van der Waals surface area contributed by atoms with E-state index < -0.39 is 0 Å². The average Bonchev–Trinajstić information content (AvgIpc) is 2.39. The number of nitrogens with zero attached hydrogens (tertiary/aromatic N) is 1. The Morgan fingerprint density at radius 3 is 2.50 bits per heavy atom. The number of rotatable bonds is 8. The highest BCUT2D eigenvalue weighted by atomic mass is 14.9. The first-order valence-corrected chi connectivity index (χ1v) is 7.36. The number of hydrogen-bond donors (Lipinski definition) is 1. The number of aromatic nitrogens is 1. The number of likely N-dealkylation sites (N-methyl/N-ethyl adjacent to an activating group) is 1. The zero-order valence-electron chi connectivity index (χ0n) is 12.4. The summed E-state index contributed by atoms with van der Waals surface area (Å²) in [6.45, 7) is 9.98. The molecule has 0 aliphatic heterocycles. The normalized spacial score (nSPS) is 14.4. The van der Waals surface area contributed by atoms with Crippen LogP contribution in [-0.4, -0.2) is 17.6 Å². The van der Waals surface area contributed by atoms with Gasteiger partial charge in [0.05, 0.1) is 0 Å². The molecule has 0 aromatic carbocycles. The van der Waals surface area contributed by atoms with Crippen LogP contribution in [0.5, 0.6) is 0 Å². The maximum absolute atomic E-state index is 4.56. The minimum atomic E-state index is 0.560. The molecule has 0 spiro atoms. The van der Waals surface area contributed by atoms with E-state index >= 15 is 0 Å². The van der Waals surface area contributed by atoms with Crippen molar-refractivity contribution in [3.05, 3.63) is 29.6 Å². The Morgan fingerprint density at radius 1 is 1.22 bits per heavy atom. The molecule has 0 aliphatic carbocycles. The minimum absolute atomic E-state index is 0.560. The predicted molar refractivity (Wildman–Crippen MR) is 78.9 cm³/mol. The highest BCUT2D eigenvalue weighted by Gasteiger charge is 2.12. The van der Waals surface area contributed by atoms with E-state index in [2.05, 4.69) is 50.1 Å². The van der Waals surface area contributed by atoms with Crippen LogP contribution in [0, 0.1) is 5.92 Å². The molecule has 2 unspecified atom stereocenters. The van der Waals surface area contributed by atoms with Crippen LogP contribution in [0.4, 0.5) is 0 Å². The third-order valence-electron chi connectivity index (χ3n) is 3.63. The van der Waals surface area contributed by atoms with E-state index in [0.717, 1.165) is 25.3 Å². The summed E-state index contributed by atoms with van der Waals surface area (Å²) in [4.78, 5) is 4.56. The molecule has 1 heterocycles. The third kappa shape index (κ3) is 5.18. The van der Waals surface area contributed by atoms with Gasteiger partial charge in [-0.05, 0) is 36.9 Å². The van der Waals surface area contributed by atoms with Gasteiger partial charge in [-0.15, -0.1) is 0 Å². The average molecular weight is 248 g/mol. The molecule has 2 heteroatoms. The van der Waals surface area contributed by atoms with Crippen LogP contribution < -0.4 is 5.32 Å². The van der Waals surface area contributed by atoms with Crippen molar-refractivity contribution in [2.75, 3.05) is 6.54 Å². The second-order valence-electron chi connectivity index (χ2n) is 5.22. The van der Waals surface area contributed by atoms with Crippen LogP contribution >= 0.6 is 0 Å². The van der Waals surface area contributed by atoms with Crippen LogP contribution in [0.25, 0.3) is 0 Å². The number of aryl methyl sites for hydroxylation is 1. The SMILES string of the molecule is CCNC(Cc1ccc(CC)cn1)CC(C)CC. The zero-order valence-corrected chi connectivity index (χ0v) is 12.4. The van der Waals surface area contributed by atoms with Crippen molar-refractivity contribution in [2.45, 2.75) is 59.4 Å². The molecule has 1 aromatic heterocycles. The third-order valence-corrected chi connectivity index (χ3v) is 3.63. The van der Waals surface area contributed by atoms with Gasteiger partial charge >= 0.3 is 0 Å². The maximum Gasteiger partial charge on any atom is 0.0419 e. The van der Waals surface area contributed by atoms with Crippen molar-refractivity contribution in [1.82, 2.24) is 10.3 Å². The molecular weight excluding hydrogens is 220 g/mol. The molecule has 2 nitrogen and oxygen atoms in total. The van der Waals surface area contributed by atoms with Gasteiger partial charge in [-0.2, -0.15) is 0 Å². The van der Waals surface area contributed by atoms with Crippen molar-refractivity contribution >= 4 is 0 Å². The van der Waals surface area contributed by atoms with Crippen LogP contribution in [0.1, 0.15) is 51.8 Å². The molecule has 1 aromatic rings. The Kier molecular flexibility index (Phi) is 6.96. The molecule has 0 saturated carbocycles. The summed E-state index contributed by atoms with van der Waals surface area (Å²) < 4.78 is 0. The summed E-state index contributed by atoms with van der Waals surface area (Å²) in [5.74, 6) is 0.781. The Labute approximate surface area is 112 Å². The van der Waals surface area contributed by atoms with Gasteiger partial charge in [0.25, 0.3) is 0 Å². The molecule has 0 saturated heterocycles. The summed E-state index contributed by atoms with van der Waals surface area (Å²) in [6.07, 6.45) is 6.62. The molecule has 0 amide bonds. The van der Waals surface area contributed by atoms with Gasteiger partial charge in [0.1, 0.15) is 0 Å². The largest absolute Gasteiger partial charge is 0.314 e. The Hall–Kier alpha value is -0.890. The van der Waals surface area contributed by atoms with Gasteiger partial charge in [-0.3, -0.25) is 4.98 Å². The fourth-order valence-electron chi connectivity index (χ4n) is 2.22. The maximum atomic E-state index is 4.56. The Balaban J connectivity index is 2.58. The first-order valence-electron chi connectivity index (χ1n) is 7.36. The van der Waals surface area contributed by atoms with E-state index in [9.17, 15) is 0 Å². The van der Waals surface area contributed by atoms with E-state index in [1.807, 2.05) is 6.20 Å². The van der Waals surface area contributed by atoms with Crippen LogP contribution in [-0.2, 0) is 12.8 Å². The lowest BCUT2D eigenvalue weighted by atomic mass is 9.96. The van der Waals surface area contributed by atoms with Gasteiger partial charge in [0.2, 0.25) is 0 Å². The first kappa shape index (κ1) is 15.2. The molecule has 0 fully saturated rings. The molecule has 1 N–H and O–H groups in total. The fourth-order valence-corrected chi connectivity index (χ4v) is 2.22. The van der Waals surface area contributed by atoms with Crippen molar-refractivity contribution in [3.63, 3.8) is 0 Å². The van der Waals surface area contributed by atoms with Crippen molar-refractivity contribution in [2.24, 2.45) is 5.92 Å². The number of hydrogen-bond acceptors (Lipinski definition) is 2. The summed E-state index contributed by atoms with van der Waals surface area (Å²) >= 11 is 0. The summed E-state index contributed by atoms with van der Waals surface area (Å²) in [6, 6.07) is 4.94. The van der Waals surface area contributed by atoms with E-state index in [1.54, 1.807) is 0 Å². The lowest BCUT2D eigenvalue weighted by molar-refractivity contribution is 0.395. The van der Waals surface area contributed by atoms with Gasteiger partial charge in [0.15, 0.2) is 0 Å². The molecule has 0 aliphatic rings. The van der Waals surface area contributed by atoms with Crippen molar-refractivity contribution in [1.29, 1.82) is 0 Å². The quantitative estimate of drug-likeness (QED) is 0.760. The smallest absolute Gasteiger partial charge is 0.0419 e. The van der Waals surface area contributed by atoms with Crippen LogP contribution in [0.3, 0.4) is 0 Å². The fraction of sp³-hybridized carbons (Fsp3) is 0.688. The van der Waals surface area contributed by atoms with Gasteiger partial charge in [0, 0.05) is 24.4 Å². The Morgan fingerprint density at radius 2 is 2.00 bits per heavy atom.